The van der Waals surface area contributed by atoms with Crippen LogP contribution in [-0.2, 0) is 4.74 Å². The quantitative estimate of drug-likeness (QED) is 0.599. The molecule has 0 aromatic carbocycles. The highest BCUT2D eigenvalue weighted by Crippen LogP contribution is 2.47. The normalized spacial score (nSPS) is 27.7. The lowest BCUT2D eigenvalue weighted by molar-refractivity contribution is 0.142. The van der Waals surface area contributed by atoms with Crippen LogP contribution in [0.25, 0.3) is 0 Å². The summed E-state index contributed by atoms with van der Waals surface area (Å²) in [6.45, 7) is 9.53. The van der Waals surface area contributed by atoms with Crippen molar-refractivity contribution in [3.05, 3.63) is 0 Å². The first-order valence-electron chi connectivity index (χ1n) is 9.52. The van der Waals surface area contributed by atoms with Gasteiger partial charge in [-0.15, -0.1) is 0 Å². The van der Waals surface area contributed by atoms with Gasteiger partial charge in [0, 0.05) is 39.3 Å². The molecular formula is C18H34N4O. The molecule has 1 atom stereocenters. The molecule has 1 N–H and O–H groups in total. The molecule has 3 fully saturated rings. The van der Waals surface area contributed by atoms with Gasteiger partial charge in [-0.1, -0.05) is 6.42 Å². The number of aliphatic imine (C=N–C) groups is 1. The average molecular weight is 322 g/mol. The van der Waals surface area contributed by atoms with Crippen molar-refractivity contribution in [1.29, 1.82) is 0 Å². The van der Waals surface area contributed by atoms with Crippen molar-refractivity contribution in [2.24, 2.45) is 10.4 Å². The summed E-state index contributed by atoms with van der Waals surface area (Å²) in [6.07, 6.45) is 8.22. The van der Waals surface area contributed by atoms with Crippen LogP contribution in [-0.4, -0.2) is 74.8 Å². The average Bonchev–Trinajstić information content (AvgIpc) is 3.16. The summed E-state index contributed by atoms with van der Waals surface area (Å²) in [5, 5.41) is 3.53. The van der Waals surface area contributed by atoms with E-state index >= 15 is 0 Å². The molecule has 1 aliphatic carbocycles. The lowest BCUT2D eigenvalue weighted by Crippen LogP contribution is -2.43. The zero-order valence-electron chi connectivity index (χ0n) is 15.0. The van der Waals surface area contributed by atoms with Crippen LogP contribution in [0.2, 0.25) is 0 Å². The van der Waals surface area contributed by atoms with Gasteiger partial charge in [0.25, 0.3) is 0 Å². The van der Waals surface area contributed by atoms with Crippen molar-refractivity contribution in [1.82, 2.24) is 15.1 Å². The Morgan fingerprint density at radius 1 is 1.26 bits per heavy atom. The lowest BCUT2D eigenvalue weighted by Gasteiger charge is -2.38. The van der Waals surface area contributed by atoms with Crippen molar-refractivity contribution in [2.45, 2.75) is 51.5 Å². The summed E-state index contributed by atoms with van der Waals surface area (Å²) < 4.78 is 5.24. The zero-order valence-corrected chi connectivity index (χ0v) is 15.0. The number of hydrogen-bond donors (Lipinski definition) is 1. The molecule has 0 bridgehead atoms. The molecule has 2 heterocycles. The molecule has 5 heteroatoms. The number of guanidine groups is 1. The first-order valence-corrected chi connectivity index (χ1v) is 9.52. The Kier molecular flexibility index (Phi) is 5.81. The van der Waals surface area contributed by atoms with E-state index in [1.54, 1.807) is 7.11 Å². The largest absolute Gasteiger partial charge is 0.383 e. The highest BCUT2D eigenvalue weighted by atomic mass is 16.5. The van der Waals surface area contributed by atoms with Crippen LogP contribution in [0.4, 0.5) is 0 Å². The van der Waals surface area contributed by atoms with Crippen molar-refractivity contribution in [3.8, 4) is 0 Å². The maximum absolute atomic E-state index is 5.24. The summed E-state index contributed by atoms with van der Waals surface area (Å²) in [7, 11) is 1.79. The third kappa shape index (κ3) is 4.00. The molecule has 1 spiro atoms. The number of hydrogen-bond acceptors (Lipinski definition) is 3. The Bertz CT molecular complexity index is 408. The summed E-state index contributed by atoms with van der Waals surface area (Å²) in [6, 6.07) is 0.596. The van der Waals surface area contributed by atoms with E-state index < -0.39 is 0 Å². The van der Waals surface area contributed by atoms with Gasteiger partial charge in [-0.05, 0) is 51.0 Å². The smallest absolute Gasteiger partial charge is 0.193 e. The van der Waals surface area contributed by atoms with Gasteiger partial charge in [0.2, 0.25) is 0 Å². The topological polar surface area (TPSA) is 40.1 Å². The molecule has 2 aliphatic heterocycles. The van der Waals surface area contributed by atoms with Crippen LogP contribution in [0.5, 0.6) is 0 Å². The summed E-state index contributed by atoms with van der Waals surface area (Å²) in [5.74, 6) is 1.15. The Hall–Kier alpha value is -0.810. The van der Waals surface area contributed by atoms with Gasteiger partial charge < -0.3 is 15.0 Å². The summed E-state index contributed by atoms with van der Waals surface area (Å²) >= 11 is 0. The SMILES string of the molecule is CCNC(=NCC1CCCN1CCOC)N1CCC2(CCC2)C1. The fraction of sp³-hybridized carbons (Fsp3) is 0.944. The fourth-order valence-electron chi connectivity index (χ4n) is 4.42. The van der Waals surface area contributed by atoms with E-state index in [0.717, 1.165) is 32.2 Å². The molecule has 132 valence electrons. The standard InChI is InChI=1S/C18H34N4O/c1-3-19-17(22-11-9-18(15-22)7-5-8-18)20-14-16-6-4-10-21(16)12-13-23-2/h16H,3-15H2,1-2H3,(H,19,20). The molecule has 0 radical (unpaired) electrons. The van der Waals surface area contributed by atoms with E-state index in [1.807, 2.05) is 0 Å². The summed E-state index contributed by atoms with van der Waals surface area (Å²) in [5.41, 5.74) is 0.633. The Balaban J connectivity index is 1.56. The van der Waals surface area contributed by atoms with Gasteiger partial charge in [0.15, 0.2) is 5.96 Å². The second-order valence-corrected chi connectivity index (χ2v) is 7.54. The number of ether oxygens (including phenoxy) is 1. The van der Waals surface area contributed by atoms with E-state index in [-0.39, 0.29) is 0 Å². The molecule has 3 rings (SSSR count). The van der Waals surface area contributed by atoms with Crippen molar-refractivity contribution in [3.63, 3.8) is 0 Å². The maximum atomic E-state index is 5.24. The van der Waals surface area contributed by atoms with E-state index in [4.69, 9.17) is 9.73 Å². The highest BCUT2D eigenvalue weighted by molar-refractivity contribution is 5.80. The van der Waals surface area contributed by atoms with E-state index in [9.17, 15) is 0 Å². The number of rotatable bonds is 6. The first kappa shape index (κ1) is 17.0. The molecule has 1 saturated carbocycles. The molecule has 0 aromatic rings. The van der Waals surface area contributed by atoms with Gasteiger partial charge in [-0.3, -0.25) is 9.89 Å². The van der Waals surface area contributed by atoms with E-state index in [0.29, 0.717) is 11.5 Å². The highest BCUT2D eigenvalue weighted by Gasteiger charge is 2.43. The molecule has 1 unspecified atom stereocenters. The maximum Gasteiger partial charge on any atom is 0.193 e. The fourth-order valence-corrected chi connectivity index (χ4v) is 4.42. The van der Waals surface area contributed by atoms with Crippen molar-refractivity contribution >= 4 is 5.96 Å². The lowest BCUT2D eigenvalue weighted by atomic mass is 9.68. The van der Waals surface area contributed by atoms with Gasteiger partial charge >= 0.3 is 0 Å². The van der Waals surface area contributed by atoms with Crippen LogP contribution in [0.1, 0.15) is 45.4 Å². The number of nitrogens with zero attached hydrogens (tertiary/aromatic N) is 3. The Morgan fingerprint density at radius 2 is 2.13 bits per heavy atom. The Labute approximate surface area is 141 Å². The van der Waals surface area contributed by atoms with Crippen LogP contribution in [0, 0.1) is 5.41 Å². The zero-order chi connectivity index (χ0) is 16.1. The van der Waals surface area contributed by atoms with Crippen LogP contribution in [0.15, 0.2) is 4.99 Å². The monoisotopic (exact) mass is 322 g/mol. The third-order valence-corrected chi connectivity index (χ3v) is 6.02. The molecule has 0 amide bonds. The number of methoxy groups -OCH3 is 1. The van der Waals surface area contributed by atoms with Crippen LogP contribution in [0.3, 0.4) is 0 Å². The van der Waals surface area contributed by atoms with Gasteiger partial charge in [0.05, 0.1) is 13.2 Å². The third-order valence-electron chi connectivity index (χ3n) is 6.02. The number of likely N-dealkylation sites (tertiary alicyclic amines) is 2. The molecule has 3 aliphatic rings. The van der Waals surface area contributed by atoms with Crippen LogP contribution >= 0.6 is 0 Å². The van der Waals surface area contributed by atoms with Crippen LogP contribution < -0.4 is 5.32 Å². The first-order chi connectivity index (χ1) is 11.3. The summed E-state index contributed by atoms with van der Waals surface area (Å²) in [4.78, 5) is 10.1. The van der Waals surface area contributed by atoms with Gasteiger partial charge in [-0.2, -0.15) is 0 Å². The molecule has 23 heavy (non-hydrogen) atoms. The molecule has 5 nitrogen and oxygen atoms in total. The minimum Gasteiger partial charge on any atom is -0.383 e. The predicted octanol–water partition coefficient (Wildman–Crippen LogP) is 1.94. The van der Waals surface area contributed by atoms with Crippen molar-refractivity contribution in [2.75, 3.05) is 53.0 Å². The second kappa shape index (κ2) is 7.84. The molecular weight excluding hydrogens is 288 g/mol. The minimum absolute atomic E-state index is 0.596. The van der Waals surface area contributed by atoms with E-state index in [2.05, 4.69) is 22.0 Å². The van der Waals surface area contributed by atoms with Gasteiger partial charge in [0.1, 0.15) is 0 Å². The predicted molar refractivity (Wildman–Crippen MR) is 94.9 cm³/mol. The Morgan fingerprint density at radius 3 is 2.78 bits per heavy atom. The minimum atomic E-state index is 0.596. The van der Waals surface area contributed by atoms with E-state index in [1.165, 1.54) is 58.2 Å². The molecule has 2 saturated heterocycles. The second-order valence-electron chi connectivity index (χ2n) is 7.54. The van der Waals surface area contributed by atoms with Gasteiger partial charge in [-0.25, -0.2) is 0 Å². The van der Waals surface area contributed by atoms with Crippen molar-refractivity contribution < 1.29 is 4.74 Å². The molecule has 0 aromatic heterocycles. The number of nitrogens with one attached hydrogen (secondary N) is 1.